The lowest BCUT2D eigenvalue weighted by Crippen LogP contribution is -2.70. The first-order valence-corrected chi connectivity index (χ1v) is 12.8. The summed E-state index contributed by atoms with van der Waals surface area (Å²) in [4.78, 5) is 24.3. The Morgan fingerprint density at radius 2 is 1.82 bits per heavy atom. The molecule has 4 aliphatic heterocycles. The lowest BCUT2D eigenvalue weighted by Gasteiger charge is -2.60. The number of nitrogens with one attached hydrogen (secondary N) is 1. The van der Waals surface area contributed by atoms with Crippen LogP contribution in [0.25, 0.3) is 0 Å². The molecule has 8 atom stereocenters. The maximum absolute atomic E-state index is 12.2. The first-order chi connectivity index (χ1) is 16.0. The number of benzene rings is 1. The molecule has 1 amide bonds. The van der Waals surface area contributed by atoms with Gasteiger partial charge in [-0.15, -0.1) is 0 Å². The van der Waals surface area contributed by atoms with Crippen LogP contribution in [0.15, 0.2) is 24.3 Å². The van der Waals surface area contributed by atoms with Crippen molar-refractivity contribution < 1.29 is 28.8 Å². The van der Waals surface area contributed by atoms with Crippen LogP contribution in [0.2, 0.25) is 0 Å². The molecule has 1 aromatic rings. The summed E-state index contributed by atoms with van der Waals surface area (Å²) >= 11 is 0. The van der Waals surface area contributed by atoms with Gasteiger partial charge in [-0.05, 0) is 76.5 Å². The van der Waals surface area contributed by atoms with E-state index in [-0.39, 0.29) is 23.3 Å². The molecule has 1 spiro atoms. The molecule has 0 aromatic heterocycles. The molecule has 7 heteroatoms. The molecular formula is C27H39NO6. The van der Waals surface area contributed by atoms with Crippen molar-refractivity contribution in [3.63, 3.8) is 0 Å². The van der Waals surface area contributed by atoms with E-state index in [2.05, 4.69) is 19.2 Å². The molecule has 0 unspecified atom stereocenters. The number of ether oxygens (including phenoxy) is 3. The monoisotopic (exact) mass is 473 g/mol. The highest BCUT2D eigenvalue weighted by molar-refractivity contribution is 5.79. The predicted octanol–water partition coefficient (Wildman–Crippen LogP) is 4.73. The molecule has 4 heterocycles. The molecule has 2 bridgehead atoms. The van der Waals surface area contributed by atoms with Crippen LogP contribution >= 0.6 is 0 Å². The average Bonchev–Trinajstić information content (AvgIpc) is 2.98. The van der Waals surface area contributed by atoms with Crippen molar-refractivity contribution in [2.75, 3.05) is 0 Å². The van der Waals surface area contributed by atoms with Crippen LogP contribution in [0, 0.1) is 23.7 Å². The van der Waals surface area contributed by atoms with Gasteiger partial charge in [0.1, 0.15) is 5.75 Å². The Morgan fingerprint density at radius 3 is 2.53 bits per heavy atom. The number of carbonyl (C=O) groups excluding carboxylic acids is 1. The third-order valence-electron chi connectivity index (χ3n) is 8.15. The zero-order chi connectivity index (χ0) is 24.3. The van der Waals surface area contributed by atoms with Gasteiger partial charge in [-0.3, -0.25) is 4.79 Å². The van der Waals surface area contributed by atoms with Gasteiger partial charge in [-0.25, -0.2) is 9.78 Å². The molecule has 1 aromatic carbocycles. The third kappa shape index (κ3) is 4.25. The van der Waals surface area contributed by atoms with E-state index < -0.39 is 24.0 Å². The Kier molecular flexibility index (Phi) is 5.99. The second kappa shape index (κ2) is 8.47. The van der Waals surface area contributed by atoms with Gasteiger partial charge in [-0.1, -0.05) is 26.0 Å². The number of fused-ring (bicyclic) bond motifs is 2. The summed E-state index contributed by atoms with van der Waals surface area (Å²) in [7, 11) is 0. The Labute approximate surface area is 202 Å². The molecule has 7 nitrogen and oxygen atoms in total. The highest BCUT2D eigenvalue weighted by atomic mass is 17.3. The molecule has 5 aliphatic rings. The summed E-state index contributed by atoms with van der Waals surface area (Å²) in [6.45, 7) is 12.4. The molecule has 188 valence electrons. The molecule has 0 radical (unpaired) electrons. The van der Waals surface area contributed by atoms with E-state index >= 15 is 0 Å². The topological polar surface area (TPSA) is 75.3 Å². The minimum absolute atomic E-state index is 0.00747. The molecular weight excluding hydrogens is 434 g/mol. The Bertz CT molecular complexity index is 913. The highest BCUT2D eigenvalue weighted by Crippen LogP contribution is 2.60. The molecule has 34 heavy (non-hydrogen) atoms. The molecule has 4 saturated heterocycles. The summed E-state index contributed by atoms with van der Waals surface area (Å²) in [5, 5.41) is 3.00. The summed E-state index contributed by atoms with van der Waals surface area (Å²) in [6.07, 6.45) is 3.36. The van der Waals surface area contributed by atoms with Crippen molar-refractivity contribution in [3.05, 3.63) is 29.8 Å². The SMILES string of the molecule is C[C@H]1[C@@H](Oc2ccc(CC(=O)NC(C)(C)C)cc2)O[C@@H]2O[C@@]3(C)CC[C@H]4[C@H](C)CC[C@@H]1[C@@]24OO3. The van der Waals surface area contributed by atoms with Gasteiger partial charge in [0.05, 0.1) is 6.42 Å². The largest absolute Gasteiger partial charge is 0.465 e. The average molecular weight is 474 g/mol. The van der Waals surface area contributed by atoms with Crippen LogP contribution in [0.4, 0.5) is 0 Å². The minimum atomic E-state index is -0.794. The molecule has 1 saturated carbocycles. The van der Waals surface area contributed by atoms with Crippen LogP contribution in [0.3, 0.4) is 0 Å². The van der Waals surface area contributed by atoms with Gasteiger partial charge >= 0.3 is 0 Å². The maximum Gasteiger partial charge on any atom is 0.224 e. The first-order valence-electron chi connectivity index (χ1n) is 12.8. The van der Waals surface area contributed by atoms with Crippen LogP contribution in [0.5, 0.6) is 5.75 Å². The van der Waals surface area contributed by atoms with Crippen LogP contribution in [0.1, 0.15) is 72.8 Å². The van der Waals surface area contributed by atoms with Crippen LogP contribution < -0.4 is 10.1 Å². The summed E-state index contributed by atoms with van der Waals surface area (Å²) in [5.41, 5.74) is 0.113. The lowest BCUT2D eigenvalue weighted by molar-refractivity contribution is -0.575. The number of rotatable bonds is 4. The number of hydrogen-bond donors (Lipinski definition) is 1. The number of hydrogen-bond acceptors (Lipinski definition) is 6. The first kappa shape index (κ1) is 24.0. The standard InChI is InChI=1S/C27H39NO6/c1-16-7-12-21-17(2)23(31-24-27(21)20(16)13-14-26(6,32-24)33-34-27)30-19-10-8-18(9-11-19)15-22(29)28-25(3,4)5/h8-11,16-17,20-21,23-24H,7,12-15H2,1-6H3,(H,28,29)/t16-,17-,20+,21+,23+,24-,26-,27-/m1/s1. The second-order valence-corrected chi connectivity index (χ2v) is 12.0. The van der Waals surface area contributed by atoms with Gasteiger partial charge in [0.2, 0.25) is 18.0 Å². The van der Waals surface area contributed by atoms with Crippen molar-refractivity contribution in [2.24, 2.45) is 23.7 Å². The summed E-state index contributed by atoms with van der Waals surface area (Å²) in [6, 6.07) is 7.69. The quantitative estimate of drug-likeness (QED) is 0.637. The maximum atomic E-state index is 12.2. The van der Waals surface area contributed by atoms with E-state index in [1.165, 1.54) is 0 Å². The summed E-state index contributed by atoms with van der Waals surface area (Å²) < 4.78 is 19.3. The van der Waals surface area contributed by atoms with Crippen molar-refractivity contribution in [2.45, 2.75) is 103 Å². The highest BCUT2D eigenvalue weighted by Gasteiger charge is 2.69. The number of carbonyl (C=O) groups is 1. The second-order valence-electron chi connectivity index (χ2n) is 12.0. The third-order valence-corrected chi connectivity index (χ3v) is 8.15. The van der Waals surface area contributed by atoms with Gasteiger partial charge in [0.15, 0.2) is 11.9 Å². The fourth-order valence-electron chi connectivity index (χ4n) is 6.47. The van der Waals surface area contributed by atoms with Crippen molar-refractivity contribution in [3.8, 4) is 5.75 Å². The Hall–Kier alpha value is -1.67. The van der Waals surface area contributed by atoms with Crippen molar-refractivity contribution in [1.29, 1.82) is 0 Å². The van der Waals surface area contributed by atoms with Crippen molar-refractivity contribution in [1.82, 2.24) is 5.32 Å². The van der Waals surface area contributed by atoms with E-state index in [4.69, 9.17) is 24.0 Å². The molecule has 1 aliphatic carbocycles. The van der Waals surface area contributed by atoms with E-state index in [1.54, 1.807) is 0 Å². The van der Waals surface area contributed by atoms with E-state index in [9.17, 15) is 4.79 Å². The van der Waals surface area contributed by atoms with E-state index in [0.717, 1.165) is 37.0 Å². The Balaban J connectivity index is 1.31. The smallest absolute Gasteiger partial charge is 0.224 e. The van der Waals surface area contributed by atoms with E-state index in [1.807, 2.05) is 52.0 Å². The zero-order valence-electron chi connectivity index (χ0n) is 21.3. The van der Waals surface area contributed by atoms with Gasteiger partial charge in [0, 0.05) is 23.8 Å². The fraction of sp³-hybridized carbons (Fsp3) is 0.741. The predicted molar refractivity (Wildman–Crippen MR) is 125 cm³/mol. The zero-order valence-corrected chi connectivity index (χ0v) is 21.3. The molecule has 5 fully saturated rings. The van der Waals surface area contributed by atoms with Gasteiger partial charge in [0.25, 0.3) is 0 Å². The molecule has 1 N–H and O–H groups in total. The Morgan fingerprint density at radius 1 is 1.09 bits per heavy atom. The van der Waals surface area contributed by atoms with Gasteiger partial charge < -0.3 is 19.5 Å². The number of amides is 1. The molecule has 6 rings (SSSR count). The summed E-state index contributed by atoms with van der Waals surface area (Å²) in [5.74, 6) is 1.13. The van der Waals surface area contributed by atoms with Crippen molar-refractivity contribution >= 4 is 5.91 Å². The van der Waals surface area contributed by atoms with Crippen LogP contribution in [-0.4, -0.2) is 35.4 Å². The lowest BCUT2D eigenvalue weighted by atomic mass is 9.58. The van der Waals surface area contributed by atoms with Gasteiger partial charge in [-0.2, -0.15) is 0 Å². The minimum Gasteiger partial charge on any atom is -0.465 e. The fourth-order valence-corrected chi connectivity index (χ4v) is 6.47. The normalized spacial score (nSPS) is 41.4. The van der Waals surface area contributed by atoms with E-state index in [0.29, 0.717) is 18.3 Å². The van der Waals surface area contributed by atoms with Crippen LogP contribution in [-0.2, 0) is 30.5 Å².